The lowest BCUT2D eigenvalue weighted by Crippen LogP contribution is -2.28. The summed E-state index contributed by atoms with van der Waals surface area (Å²) in [6, 6.07) is 19.5. The van der Waals surface area contributed by atoms with Crippen LogP contribution in [0.1, 0.15) is 11.1 Å². The average Bonchev–Trinajstić information content (AvgIpc) is 3.08. The van der Waals surface area contributed by atoms with Crippen molar-refractivity contribution < 1.29 is 14.3 Å². The van der Waals surface area contributed by atoms with E-state index in [0.717, 1.165) is 16.8 Å². The number of hydrogen-bond acceptors (Lipinski definition) is 5. The number of benzene rings is 3. The summed E-state index contributed by atoms with van der Waals surface area (Å²) in [6.07, 6.45) is 1.79. The molecule has 1 aliphatic rings. The van der Waals surface area contributed by atoms with Crippen molar-refractivity contribution in [3.05, 3.63) is 92.8 Å². The number of halogens is 2. The van der Waals surface area contributed by atoms with Gasteiger partial charge < -0.3 is 10.1 Å². The van der Waals surface area contributed by atoms with Crippen LogP contribution in [0, 0.1) is 6.92 Å². The van der Waals surface area contributed by atoms with Crippen LogP contribution in [-0.4, -0.2) is 22.7 Å². The lowest BCUT2D eigenvalue weighted by Gasteiger charge is -2.16. The second-order valence-electron chi connectivity index (χ2n) is 7.33. The van der Waals surface area contributed by atoms with E-state index in [1.54, 1.807) is 41.3 Å². The SMILES string of the molecule is Cc1ccccc1N1C(=O)/C(=C/c2ccc(OCC(=O)Nc3ccc(Cl)cc3Cl)cc2)SC1=S. The topological polar surface area (TPSA) is 58.6 Å². The van der Waals surface area contributed by atoms with E-state index in [1.165, 1.54) is 11.8 Å². The van der Waals surface area contributed by atoms with E-state index in [2.05, 4.69) is 5.32 Å². The molecule has 1 aliphatic heterocycles. The number of aryl methyl sites for hydroxylation is 1. The number of rotatable bonds is 6. The number of nitrogens with one attached hydrogen (secondary N) is 1. The van der Waals surface area contributed by atoms with Crippen molar-refractivity contribution in [2.45, 2.75) is 6.92 Å². The van der Waals surface area contributed by atoms with E-state index in [4.69, 9.17) is 40.2 Å². The van der Waals surface area contributed by atoms with Crippen molar-refractivity contribution >= 4 is 80.8 Å². The first-order chi connectivity index (χ1) is 16.3. The highest BCUT2D eigenvalue weighted by atomic mass is 35.5. The Morgan fingerprint density at radius 3 is 2.56 bits per heavy atom. The number of anilines is 2. The molecule has 1 N–H and O–H groups in total. The summed E-state index contributed by atoms with van der Waals surface area (Å²) in [7, 11) is 0. The third-order valence-electron chi connectivity index (χ3n) is 4.90. The van der Waals surface area contributed by atoms with Gasteiger partial charge in [0.25, 0.3) is 11.8 Å². The van der Waals surface area contributed by atoms with E-state index in [-0.39, 0.29) is 18.4 Å². The predicted molar refractivity (Wildman–Crippen MR) is 144 cm³/mol. The van der Waals surface area contributed by atoms with Gasteiger partial charge in [0.15, 0.2) is 10.9 Å². The maximum Gasteiger partial charge on any atom is 0.270 e. The number of hydrogen-bond donors (Lipinski definition) is 1. The molecule has 172 valence electrons. The number of carbonyl (C=O) groups excluding carboxylic acids is 2. The number of carbonyl (C=O) groups is 2. The molecule has 0 bridgehead atoms. The molecule has 0 aliphatic carbocycles. The normalized spacial score (nSPS) is 14.6. The second kappa shape index (κ2) is 10.6. The molecule has 3 aromatic rings. The average molecular weight is 529 g/mol. The third kappa shape index (κ3) is 5.62. The summed E-state index contributed by atoms with van der Waals surface area (Å²) in [5.74, 6) is 0.0114. The molecule has 0 aromatic heterocycles. The Hall–Kier alpha value is -2.84. The van der Waals surface area contributed by atoms with Gasteiger partial charge in [0, 0.05) is 5.02 Å². The van der Waals surface area contributed by atoms with Crippen LogP contribution in [0.15, 0.2) is 71.6 Å². The molecular weight excluding hydrogens is 511 g/mol. The molecule has 0 atom stereocenters. The van der Waals surface area contributed by atoms with Crippen LogP contribution in [0.25, 0.3) is 6.08 Å². The maximum absolute atomic E-state index is 13.0. The number of para-hydroxylation sites is 1. The van der Waals surface area contributed by atoms with E-state index >= 15 is 0 Å². The Bertz CT molecular complexity index is 1310. The molecular formula is C25H18Cl2N2O3S2. The van der Waals surface area contributed by atoms with E-state index in [9.17, 15) is 9.59 Å². The number of ether oxygens (including phenoxy) is 1. The molecule has 1 fully saturated rings. The highest BCUT2D eigenvalue weighted by Gasteiger charge is 2.33. The zero-order valence-corrected chi connectivity index (χ0v) is 21.0. The van der Waals surface area contributed by atoms with Crippen molar-refractivity contribution in [1.82, 2.24) is 0 Å². The smallest absolute Gasteiger partial charge is 0.270 e. The number of thiocarbonyl (C=S) groups is 1. The highest BCUT2D eigenvalue weighted by molar-refractivity contribution is 8.27. The van der Waals surface area contributed by atoms with Crippen LogP contribution in [0.2, 0.25) is 10.0 Å². The van der Waals surface area contributed by atoms with Gasteiger partial charge in [0.1, 0.15) is 5.75 Å². The fourth-order valence-electron chi connectivity index (χ4n) is 3.23. The van der Waals surface area contributed by atoms with E-state index in [0.29, 0.717) is 30.7 Å². The zero-order valence-electron chi connectivity index (χ0n) is 17.9. The van der Waals surface area contributed by atoms with Crippen molar-refractivity contribution in [2.75, 3.05) is 16.8 Å². The Labute approximate surface area is 216 Å². The molecule has 1 saturated heterocycles. The first-order valence-electron chi connectivity index (χ1n) is 10.1. The Morgan fingerprint density at radius 1 is 1.12 bits per heavy atom. The number of amides is 2. The molecule has 0 radical (unpaired) electrons. The largest absolute Gasteiger partial charge is 0.484 e. The van der Waals surface area contributed by atoms with Crippen LogP contribution in [0.5, 0.6) is 5.75 Å². The molecule has 34 heavy (non-hydrogen) atoms. The molecule has 4 rings (SSSR count). The van der Waals surface area contributed by atoms with Gasteiger partial charge in [0.05, 0.1) is 21.3 Å². The van der Waals surface area contributed by atoms with Gasteiger partial charge in [-0.2, -0.15) is 0 Å². The van der Waals surface area contributed by atoms with Crippen LogP contribution in [-0.2, 0) is 9.59 Å². The van der Waals surface area contributed by atoms with Gasteiger partial charge >= 0.3 is 0 Å². The molecule has 3 aromatic carbocycles. The molecule has 0 saturated carbocycles. The van der Waals surface area contributed by atoms with Crippen LogP contribution in [0.3, 0.4) is 0 Å². The maximum atomic E-state index is 13.0. The molecule has 2 amide bonds. The van der Waals surface area contributed by atoms with Crippen LogP contribution < -0.4 is 15.0 Å². The Kier molecular flexibility index (Phi) is 7.58. The summed E-state index contributed by atoms with van der Waals surface area (Å²) in [6.45, 7) is 1.76. The van der Waals surface area contributed by atoms with Crippen LogP contribution >= 0.6 is 47.2 Å². The monoisotopic (exact) mass is 528 g/mol. The van der Waals surface area contributed by atoms with E-state index < -0.39 is 0 Å². The van der Waals surface area contributed by atoms with Gasteiger partial charge in [0.2, 0.25) is 0 Å². The third-order valence-corrected chi connectivity index (χ3v) is 6.75. The van der Waals surface area contributed by atoms with E-state index in [1.807, 2.05) is 43.3 Å². The van der Waals surface area contributed by atoms with Crippen molar-refractivity contribution in [2.24, 2.45) is 0 Å². The summed E-state index contributed by atoms with van der Waals surface area (Å²) in [5.41, 5.74) is 3.03. The van der Waals surface area contributed by atoms with Gasteiger partial charge in [-0.25, -0.2) is 0 Å². The molecule has 5 nitrogen and oxygen atoms in total. The standard InChI is InChI=1S/C25H18Cl2N2O3S2/c1-15-4-2-3-5-21(15)29-24(31)22(34-25(29)33)12-16-6-9-18(10-7-16)32-14-23(30)28-20-11-8-17(26)13-19(20)27/h2-13H,14H2,1H3,(H,28,30)/b22-12-. The van der Waals surface area contributed by atoms with Crippen molar-refractivity contribution in [1.29, 1.82) is 0 Å². The van der Waals surface area contributed by atoms with Gasteiger partial charge in [-0.15, -0.1) is 0 Å². The summed E-state index contributed by atoms with van der Waals surface area (Å²) < 4.78 is 6.05. The zero-order chi connectivity index (χ0) is 24.2. The summed E-state index contributed by atoms with van der Waals surface area (Å²) in [4.78, 5) is 27.2. The number of thioether (sulfide) groups is 1. The minimum atomic E-state index is -0.354. The first-order valence-corrected chi connectivity index (χ1v) is 12.1. The minimum Gasteiger partial charge on any atom is -0.484 e. The fraction of sp³-hybridized carbons (Fsp3) is 0.0800. The lowest BCUT2D eigenvalue weighted by molar-refractivity contribution is -0.118. The van der Waals surface area contributed by atoms with Gasteiger partial charge in [-0.05, 0) is 60.5 Å². The quantitative estimate of drug-likeness (QED) is 0.284. The lowest BCUT2D eigenvalue weighted by atomic mass is 10.1. The summed E-state index contributed by atoms with van der Waals surface area (Å²) >= 11 is 18.6. The predicted octanol–water partition coefficient (Wildman–Crippen LogP) is 6.73. The highest BCUT2D eigenvalue weighted by Crippen LogP contribution is 2.37. The number of nitrogens with zero attached hydrogens (tertiary/aromatic N) is 1. The minimum absolute atomic E-state index is 0.151. The second-order valence-corrected chi connectivity index (χ2v) is 9.85. The van der Waals surface area contributed by atoms with Gasteiger partial charge in [-0.3, -0.25) is 14.5 Å². The molecule has 0 spiro atoms. The Balaban J connectivity index is 1.38. The molecule has 9 heteroatoms. The Morgan fingerprint density at radius 2 is 1.85 bits per heavy atom. The first kappa shape index (κ1) is 24.3. The fourth-order valence-corrected chi connectivity index (χ4v) is 4.97. The van der Waals surface area contributed by atoms with Crippen molar-refractivity contribution in [3.8, 4) is 5.75 Å². The van der Waals surface area contributed by atoms with Gasteiger partial charge in [-0.1, -0.05) is 77.5 Å². The molecule has 1 heterocycles. The van der Waals surface area contributed by atoms with Crippen molar-refractivity contribution in [3.63, 3.8) is 0 Å². The van der Waals surface area contributed by atoms with Crippen LogP contribution in [0.4, 0.5) is 11.4 Å². The summed E-state index contributed by atoms with van der Waals surface area (Å²) in [5, 5.41) is 3.51. The molecule has 0 unspecified atom stereocenters.